The van der Waals surface area contributed by atoms with Crippen LogP contribution in [-0.2, 0) is 14.3 Å². The quantitative estimate of drug-likeness (QED) is 0.556. The Morgan fingerprint density at radius 1 is 1.50 bits per heavy atom. The molecule has 102 valence electrons. The van der Waals surface area contributed by atoms with Gasteiger partial charge in [0.15, 0.2) is 0 Å². The van der Waals surface area contributed by atoms with E-state index in [-0.39, 0.29) is 23.8 Å². The minimum atomic E-state index is -0.585. The van der Waals surface area contributed by atoms with E-state index in [4.69, 9.17) is 10.5 Å². The first-order valence-corrected chi connectivity index (χ1v) is 6.31. The van der Waals surface area contributed by atoms with Gasteiger partial charge in [-0.05, 0) is 12.3 Å². The van der Waals surface area contributed by atoms with Crippen LogP contribution >= 0.6 is 0 Å². The molecule has 5 nitrogen and oxygen atoms in total. The maximum Gasteiger partial charge on any atom is 0.328 e. The van der Waals surface area contributed by atoms with Crippen molar-refractivity contribution in [3.63, 3.8) is 0 Å². The van der Waals surface area contributed by atoms with Crippen LogP contribution in [-0.4, -0.2) is 31.1 Å². The van der Waals surface area contributed by atoms with Gasteiger partial charge in [0.05, 0.1) is 13.0 Å². The number of carbonyl (C=O) groups is 2. The van der Waals surface area contributed by atoms with Gasteiger partial charge in [0.2, 0.25) is 5.91 Å². The maximum absolute atomic E-state index is 12.0. The van der Waals surface area contributed by atoms with Crippen molar-refractivity contribution in [2.45, 2.75) is 38.8 Å². The SMILES string of the molecule is CCC(C)C(NC(=O)C1C=CC(N)C1)C(=O)OC. The lowest BCUT2D eigenvalue weighted by Gasteiger charge is -2.23. The average Bonchev–Trinajstić information content (AvgIpc) is 2.80. The van der Waals surface area contributed by atoms with E-state index in [1.54, 1.807) is 6.08 Å². The second-order valence-electron chi connectivity index (χ2n) is 4.79. The lowest BCUT2D eigenvalue weighted by molar-refractivity contribution is -0.147. The fourth-order valence-corrected chi connectivity index (χ4v) is 1.98. The molecule has 1 aliphatic rings. The molecule has 0 radical (unpaired) electrons. The summed E-state index contributed by atoms with van der Waals surface area (Å²) in [5.74, 6) is -0.754. The van der Waals surface area contributed by atoms with E-state index in [0.29, 0.717) is 6.42 Å². The van der Waals surface area contributed by atoms with E-state index in [0.717, 1.165) is 6.42 Å². The molecule has 4 unspecified atom stereocenters. The molecule has 0 heterocycles. The first kappa shape index (κ1) is 14.7. The summed E-state index contributed by atoms with van der Waals surface area (Å²) in [6.45, 7) is 3.89. The molecular formula is C13H22N2O3. The average molecular weight is 254 g/mol. The first-order valence-electron chi connectivity index (χ1n) is 6.31. The van der Waals surface area contributed by atoms with E-state index in [1.807, 2.05) is 19.9 Å². The highest BCUT2D eigenvalue weighted by Gasteiger charge is 2.30. The number of methoxy groups -OCH3 is 1. The van der Waals surface area contributed by atoms with Crippen molar-refractivity contribution in [1.29, 1.82) is 0 Å². The summed E-state index contributed by atoms with van der Waals surface area (Å²) in [5.41, 5.74) is 5.71. The number of amides is 1. The van der Waals surface area contributed by atoms with Crippen molar-refractivity contribution >= 4 is 11.9 Å². The van der Waals surface area contributed by atoms with Gasteiger partial charge in [-0.2, -0.15) is 0 Å². The van der Waals surface area contributed by atoms with Gasteiger partial charge in [-0.15, -0.1) is 0 Å². The van der Waals surface area contributed by atoms with Crippen LogP contribution in [0.2, 0.25) is 0 Å². The zero-order valence-electron chi connectivity index (χ0n) is 11.2. The van der Waals surface area contributed by atoms with Crippen LogP contribution in [0, 0.1) is 11.8 Å². The van der Waals surface area contributed by atoms with Crippen molar-refractivity contribution in [1.82, 2.24) is 5.32 Å². The number of carbonyl (C=O) groups excluding carboxylic acids is 2. The summed E-state index contributed by atoms with van der Waals surface area (Å²) < 4.78 is 4.72. The fourth-order valence-electron chi connectivity index (χ4n) is 1.98. The number of rotatable bonds is 5. The molecule has 4 atom stereocenters. The van der Waals surface area contributed by atoms with Gasteiger partial charge in [0.1, 0.15) is 6.04 Å². The van der Waals surface area contributed by atoms with Gasteiger partial charge < -0.3 is 15.8 Å². The van der Waals surface area contributed by atoms with Gasteiger partial charge in [0.25, 0.3) is 0 Å². The molecule has 1 rings (SSSR count). The molecule has 1 aliphatic carbocycles. The Balaban J connectivity index is 2.63. The van der Waals surface area contributed by atoms with Crippen LogP contribution in [0.4, 0.5) is 0 Å². The van der Waals surface area contributed by atoms with Gasteiger partial charge in [-0.3, -0.25) is 4.79 Å². The van der Waals surface area contributed by atoms with E-state index in [9.17, 15) is 9.59 Å². The number of ether oxygens (including phenoxy) is 1. The summed E-state index contributed by atoms with van der Waals surface area (Å²) >= 11 is 0. The lowest BCUT2D eigenvalue weighted by atomic mass is 9.98. The minimum Gasteiger partial charge on any atom is -0.467 e. The summed E-state index contributed by atoms with van der Waals surface area (Å²) in [6.07, 6.45) is 5.01. The summed E-state index contributed by atoms with van der Waals surface area (Å²) in [4.78, 5) is 23.7. The number of hydrogen-bond acceptors (Lipinski definition) is 4. The Hall–Kier alpha value is -1.36. The number of hydrogen-bond donors (Lipinski definition) is 2. The first-order chi connectivity index (χ1) is 8.49. The van der Waals surface area contributed by atoms with Gasteiger partial charge in [-0.1, -0.05) is 32.4 Å². The topological polar surface area (TPSA) is 81.4 Å². The van der Waals surface area contributed by atoms with Gasteiger partial charge in [0, 0.05) is 6.04 Å². The second-order valence-corrected chi connectivity index (χ2v) is 4.79. The summed E-state index contributed by atoms with van der Waals surface area (Å²) in [5, 5.41) is 2.76. The van der Waals surface area contributed by atoms with E-state index in [1.165, 1.54) is 7.11 Å². The number of esters is 1. The largest absolute Gasteiger partial charge is 0.467 e. The molecule has 3 N–H and O–H groups in total. The molecule has 0 saturated heterocycles. The van der Waals surface area contributed by atoms with Gasteiger partial charge in [-0.25, -0.2) is 4.79 Å². The highest BCUT2D eigenvalue weighted by Crippen LogP contribution is 2.18. The molecule has 0 fully saturated rings. The van der Waals surface area contributed by atoms with Crippen LogP contribution in [0.1, 0.15) is 26.7 Å². The summed E-state index contributed by atoms with van der Waals surface area (Å²) in [7, 11) is 1.33. The van der Waals surface area contributed by atoms with Crippen molar-refractivity contribution in [2.75, 3.05) is 7.11 Å². The van der Waals surface area contributed by atoms with Crippen LogP contribution in [0.25, 0.3) is 0 Å². The molecule has 0 aromatic rings. The molecule has 0 spiro atoms. The molecule has 0 aromatic heterocycles. The van der Waals surface area contributed by atoms with Crippen molar-refractivity contribution in [3.8, 4) is 0 Å². The predicted molar refractivity (Wildman–Crippen MR) is 68.6 cm³/mol. The fraction of sp³-hybridized carbons (Fsp3) is 0.692. The molecule has 18 heavy (non-hydrogen) atoms. The Labute approximate surface area is 108 Å². The highest BCUT2D eigenvalue weighted by atomic mass is 16.5. The Kier molecular flexibility index (Phi) is 5.34. The van der Waals surface area contributed by atoms with Crippen molar-refractivity contribution in [3.05, 3.63) is 12.2 Å². The molecule has 1 amide bonds. The number of nitrogens with two attached hydrogens (primary N) is 1. The molecule has 0 aromatic carbocycles. The highest BCUT2D eigenvalue weighted by molar-refractivity contribution is 5.87. The Bertz CT molecular complexity index is 341. The standard InChI is InChI=1S/C13H22N2O3/c1-4-8(2)11(13(17)18-3)15-12(16)9-5-6-10(14)7-9/h5-6,8-11H,4,7,14H2,1-3H3,(H,15,16). The molecule has 0 bridgehead atoms. The zero-order chi connectivity index (χ0) is 13.7. The van der Waals surface area contributed by atoms with Crippen LogP contribution in [0.15, 0.2) is 12.2 Å². The van der Waals surface area contributed by atoms with Crippen LogP contribution in [0.3, 0.4) is 0 Å². The third-order valence-corrected chi connectivity index (χ3v) is 3.42. The lowest BCUT2D eigenvalue weighted by Crippen LogP contribution is -2.47. The van der Waals surface area contributed by atoms with Gasteiger partial charge >= 0.3 is 5.97 Å². The number of nitrogens with one attached hydrogen (secondary N) is 1. The second kappa shape index (κ2) is 6.54. The maximum atomic E-state index is 12.0. The third kappa shape index (κ3) is 3.57. The Morgan fingerprint density at radius 3 is 2.61 bits per heavy atom. The monoisotopic (exact) mass is 254 g/mol. The van der Waals surface area contributed by atoms with E-state index in [2.05, 4.69) is 5.32 Å². The minimum absolute atomic E-state index is 0.0421. The van der Waals surface area contributed by atoms with Crippen molar-refractivity contribution in [2.24, 2.45) is 17.6 Å². The smallest absolute Gasteiger partial charge is 0.328 e. The Morgan fingerprint density at radius 2 is 2.17 bits per heavy atom. The van der Waals surface area contributed by atoms with Crippen LogP contribution < -0.4 is 11.1 Å². The van der Waals surface area contributed by atoms with Crippen LogP contribution in [0.5, 0.6) is 0 Å². The van der Waals surface area contributed by atoms with E-state index >= 15 is 0 Å². The van der Waals surface area contributed by atoms with E-state index < -0.39 is 12.0 Å². The molecular weight excluding hydrogens is 232 g/mol. The normalized spacial score (nSPS) is 25.6. The summed E-state index contributed by atoms with van der Waals surface area (Å²) in [6, 6.07) is -0.654. The molecule has 0 aliphatic heterocycles. The molecule has 5 heteroatoms. The third-order valence-electron chi connectivity index (χ3n) is 3.42. The predicted octanol–water partition coefficient (Wildman–Crippen LogP) is 0.594. The van der Waals surface area contributed by atoms with Crippen molar-refractivity contribution < 1.29 is 14.3 Å². The molecule has 0 saturated carbocycles. The zero-order valence-corrected chi connectivity index (χ0v) is 11.2.